The number of morpholine rings is 1. The highest BCUT2D eigenvalue weighted by Crippen LogP contribution is 2.48. The van der Waals surface area contributed by atoms with Gasteiger partial charge < -0.3 is 61.1 Å². The van der Waals surface area contributed by atoms with Crippen molar-refractivity contribution in [3.63, 3.8) is 0 Å². The number of imide groups is 1. The van der Waals surface area contributed by atoms with Crippen LogP contribution >= 0.6 is 0 Å². The number of fused-ring (bicyclic) bond motifs is 1. The topological polar surface area (TPSA) is 293 Å². The molecule has 0 aromatic heterocycles. The summed E-state index contributed by atoms with van der Waals surface area (Å²) in [6.45, 7) is 0.910. The number of piperidine rings is 1. The molecule has 3 heterocycles. The van der Waals surface area contributed by atoms with Gasteiger partial charge >= 0.3 is 0 Å². The van der Waals surface area contributed by atoms with Crippen LogP contribution in [-0.4, -0.2) is 130 Å². The Balaban J connectivity index is 1.49. The Kier molecular flexibility index (Phi) is 7.22. The molecule has 0 bridgehead atoms. The standard InChI is InChI=1S/C25H27BN4O14/c26-25(43)20(34,18(32)27-19(33)21(25,35)36)30-17(31)14-2-1-3-15(16(14)24(30,41)42)28-22(37,38)12-4-6-13(7-5-12)23(39,40)29-8-10-44-11-9-29/h1-7,28,34-43H,8-11H2,(H,27,32,33). The van der Waals surface area contributed by atoms with Gasteiger partial charge in [0.05, 0.1) is 24.3 Å². The van der Waals surface area contributed by atoms with Gasteiger partial charge in [0, 0.05) is 29.9 Å². The number of hydrogen-bond donors (Lipinski definition) is 12. The first-order chi connectivity index (χ1) is 20.2. The SMILES string of the molecule is [B]C1(O)C(O)(O)C(=O)NC(=O)C1(O)N1C(=O)c2cccc(NC(O)(O)c3ccc(C(O)(O)N4CCOCC4)cc3)c2C1(O)O. The van der Waals surface area contributed by atoms with Crippen molar-refractivity contribution in [2.24, 2.45) is 0 Å². The van der Waals surface area contributed by atoms with Crippen LogP contribution < -0.4 is 10.6 Å². The van der Waals surface area contributed by atoms with E-state index in [-0.39, 0.29) is 37.4 Å². The average Bonchev–Trinajstić information content (AvgIpc) is 3.17. The van der Waals surface area contributed by atoms with E-state index >= 15 is 0 Å². The van der Waals surface area contributed by atoms with E-state index in [9.17, 15) is 65.4 Å². The number of nitrogens with zero attached hydrogens (tertiary/aromatic N) is 2. The molecule has 0 spiro atoms. The van der Waals surface area contributed by atoms with Crippen LogP contribution in [0.2, 0.25) is 0 Å². The van der Waals surface area contributed by atoms with Crippen LogP contribution in [0.3, 0.4) is 0 Å². The normalized spacial score (nSPS) is 27.2. The van der Waals surface area contributed by atoms with Gasteiger partial charge in [-0.1, -0.05) is 30.3 Å². The molecule has 18 nitrogen and oxygen atoms in total. The molecule has 2 saturated heterocycles. The van der Waals surface area contributed by atoms with Crippen molar-refractivity contribution in [2.75, 3.05) is 31.6 Å². The quantitative estimate of drug-likeness (QED) is 0.0814. The molecule has 2 aromatic carbocycles. The lowest BCUT2D eigenvalue weighted by atomic mass is 9.63. The zero-order valence-corrected chi connectivity index (χ0v) is 22.4. The molecule has 0 saturated carbocycles. The van der Waals surface area contributed by atoms with Crippen molar-refractivity contribution in [3.8, 4) is 0 Å². The fourth-order valence-corrected chi connectivity index (χ4v) is 5.33. The number of rotatable bonds is 6. The zero-order valence-electron chi connectivity index (χ0n) is 22.4. The zero-order chi connectivity index (χ0) is 32.7. The Morgan fingerprint density at radius 3 is 2.00 bits per heavy atom. The molecule has 2 radical (unpaired) electrons. The van der Waals surface area contributed by atoms with Gasteiger partial charge in [-0.15, -0.1) is 0 Å². The third-order valence-corrected chi connectivity index (χ3v) is 7.83. The maximum Gasteiger partial charge on any atom is 0.289 e. The van der Waals surface area contributed by atoms with Gasteiger partial charge in [0.2, 0.25) is 0 Å². The van der Waals surface area contributed by atoms with Crippen LogP contribution in [0.15, 0.2) is 42.5 Å². The highest BCUT2D eigenvalue weighted by atomic mass is 16.6. The van der Waals surface area contributed by atoms with E-state index < -0.39 is 74.2 Å². The summed E-state index contributed by atoms with van der Waals surface area (Å²) in [5, 5.41) is 111. The smallest absolute Gasteiger partial charge is 0.289 e. The van der Waals surface area contributed by atoms with Crippen molar-refractivity contribution in [2.45, 2.75) is 34.7 Å². The van der Waals surface area contributed by atoms with Gasteiger partial charge in [0.1, 0.15) is 13.3 Å². The van der Waals surface area contributed by atoms with Gasteiger partial charge in [0.15, 0.2) is 0 Å². The molecule has 44 heavy (non-hydrogen) atoms. The van der Waals surface area contributed by atoms with Crippen molar-refractivity contribution in [3.05, 3.63) is 64.7 Å². The Bertz CT molecular complexity index is 1520. The molecule has 2 unspecified atom stereocenters. The van der Waals surface area contributed by atoms with Gasteiger partial charge in [-0.3, -0.25) is 19.7 Å². The lowest BCUT2D eigenvalue weighted by Gasteiger charge is -2.54. The lowest BCUT2D eigenvalue weighted by molar-refractivity contribution is -0.356. The predicted octanol–water partition coefficient (Wildman–Crippen LogP) is -6.25. The summed E-state index contributed by atoms with van der Waals surface area (Å²) in [6.07, 6.45) is 0. The molecular weight excluding hydrogens is 591 g/mol. The summed E-state index contributed by atoms with van der Waals surface area (Å²) in [5.41, 5.74) is -10.9. The number of anilines is 1. The molecule has 2 fully saturated rings. The molecule has 12 N–H and O–H groups in total. The minimum Gasteiger partial charge on any atom is -0.388 e. The average molecular weight is 618 g/mol. The first kappa shape index (κ1) is 31.8. The number of hydrogen-bond acceptors (Lipinski definition) is 16. The Morgan fingerprint density at radius 1 is 0.841 bits per heavy atom. The molecule has 2 atom stereocenters. The minimum atomic E-state index is -4.16. The first-order valence-electron chi connectivity index (χ1n) is 12.8. The van der Waals surface area contributed by atoms with Crippen molar-refractivity contribution >= 4 is 31.3 Å². The number of carbonyl (C=O) groups is 3. The largest absolute Gasteiger partial charge is 0.388 e. The molecule has 19 heteroatoms. The molecular formula is C25H27BN4O14. The molecule has 3 amide bonds. The van der Waals surface area contributed by atoms with E-state index in [1.54, 1.807) is 0 Å². The van der Waals surface area contributed by atoms with Crippen LogP contribution in [0.5, 0.6) is 0 Å². The van der Waals surface area contributed by atoms with Crippen molar-refractivity contribution in [1.29, 1.82) is 0 Å². The summed E-state index contributed by atoms with van der Waals surface area (Å²) in [5.74, 6) is -19.2. The number of nitrogens with one attached hydrogen (secondary N) is 2. The van der Waals surface area contributed by atoms with E-state index in [0.29, 0.717) is 0 Å². The molecule has 5 rings (SSSR count). The van der Waals surface area contributed by atoms with Gasteiger partial charge in [0.25, 0.3) is 47.0 Å². The van der Waals surface area contributed by atoms with E-state index in [2.05, 4.69) is 5.32 Å². The van der Waals surface area contributed by atoms with Crippen molar-refractivity contribution < 1.29 is 70.2 Å². The second-order valence-corrected chi connectivity index (χ2v) is 10.5. The van der Waals surface area contributed by atoms with Crippen LogP contribution in [0.1, 0.15) is 27.0 Å². The molecule has 3 aliphatic rings. The summed E-state index contributed by atoms with van der Waals surface area (Å²) in [7, 11) is 5.39. The van der Waals surface area contributed by atoms with Crippen molar-refractivity contribution in [1.82, 2.24) is 15.1 Å². The maximum atomic E-state index is 13.3. The predicted molar refractivity (Wildman–Crippen MR) is 139 cm³/mol. The fourth-order valence-electron chi connectivity index (χ4n) is 5.33. The summed E-state index contributed by atoms with van der Waals surface area (Å²) >= 11 is 0. The highest BCUT2D eigenvalue weighted by molar-refractivity contribution is 6.25. The highest BCUT2D eigenvalue weighted by Gasteiger charge is 2.76. The van der Waals surface area contributed by atoms with E-state index in [1.165, 1.54) is 22.3 Å². The number of carbonyl (C=O) groups excluding carboxylic acids is 3. The molecule has 2 aromatic rings. The third-order valence-electron chi connectivity index (χ3n) is 7.83. The van der Waals surface area contributed by atoms with E-state index in [4.69, 9.17) is 12.6 Å². The fraction of sp³-hybridized carbons (Fsp3) is 0.400. The first-order valence-corrected chi connectivity index (χ1v) is 12.8. The van der Waals surface area contributed by atoms with E-state index in [1.807, 2.05) is 0 Å². The summed E-state index contributed by atoms with van der Waals surface area (Å²) in [6, 6.07) is 7.61. The Labute approximate surface area is 248 Å². The second kappa shape index (κ2) is 9.97. The number of aliphatic hydroxyl groups is 10. The third kappa shape index (κ3) is 4.34. The lowest BCUT2D eigenvalue weighted by Crippen LogP contribution is -2.87. The summed E-state index contributed by atoms with van der Waals surface area (Å²) in [4.78, 5) is 38.7. The van der Waals surface area contributed by atoms with Gasteiger partial charge in [-0.2, -0.15) is 0 Å². The number of amides is 3. The molecule has 0 aliphatic carbocycles. The van der Waals surface area contributed by atoms with Gasteiger partial charge in [-0.25, -0.2) is 9.80 Å². The second-order valence-electron chi connectivity index (χ2n) is 10.5. The monoisotopic (exact) mass is 618 g/mol. The van der Waals surface area contributed by atoms with Crippen LogP contribution in [0, 0.1) is 0 Å². The minimum absolute atomic E-state index is 0.0406. The van der Waals surface area contributed by atoms with Crippen LogP contribution in [-0.2, 0) is 32.1 Å². The Morgan fingerprint density at radius 2 is 1.41 bits per heavy atom. The number of benzene rings is 2. The van der Waals surface area contributed by atoms with E-state index in [0.717, 1.165) is 30.3 Å². The Hall–Kier alpha value is -3.57. The molecule has 234 valence electrons. The maximum absolute atomic E-state index is 13.3. The van der Waals surface area contributed by atoms with Crippen LogP contribution in [0.4, 0.5) is 5.69 Å². The number of ether oxygens (including phenoxy) is 1. The van der Waals surface area contributed by atoms with Gasteiger partial charge in [-0.05, 0) is 12.1 Å². The van der Waals surface area contributed by atoms with Crippen LogP contribution in [0.25, 0.3) is 0 Å². The summed E-state index contributed by atoms with van der Waals surface area (Å²) < 4.78 is 5.19. The molecule has 3 aliphatic heterocycles.